The molecule has 0 saturated heterocycles. The van der Waals surface area contributed by atoms with Gasteiger partial charge in [0, 0.05) is 23.4 Å². The van der Waals surface area contributed by atoms with Crippen molar-refractivity contribution in [2.75, 3.05) is 12.4 Å². The van der Waals surface area contributed by atoms with Crippen molar-refractivity contribution in [3.8, 4) is 0 Å². The maximum atomic E-state index is 13.6. The van der Waals surface area contributed by atoms with E-state index in [4.69, 9.17) is 11.6 Å². The predicted molar refractivity (Wildman–Crippen MR) is 76.1 cm³/mol. The lowest BCUT2D eigenvalue weighted by Crippen LogP contribution is -2.23. The van der Waals surface area contributed by atoms with Gasteiger partial charge in [-0.05, 0) is 17.5 Å². The van der Waals surface area contributed by atoms with Crippen molar-refractivity contribution >= 4 is 28.3 Å². The Bertz CT molecular complexity index is 625. The lowest BCUT2D eigenvalue weighted by molar-refractivity contribution is 0.0959. The SMILES string of the molecule is O=C(NC/C=C/CCl)c1ccc(F)c2ccccc12. The van der Waals surface area contributed by atoms with E-state index in [1.54, 1.807) is 36.4 Å². The van der Waals surface area contributed by atoms with Gasteiger partial charge in [0.2, 0.25) is 0 Å². The van der Waals surface area contributed by atoms with Crippen LogP contribution in [0.15, 0.2) is 48.6 Å². The second-order valence-electron chi connectivity index (χ2n) is 3.98. The Labute approximate surface area is 115 Å². The van der Waals surface area contributed by atoms with Crippen molar-refractivity contribution < 1.29 is 9.18 Å². The van der Waals surface area contributed by atoms with Crippen LogP contribution in [-0.2, 0) is 0 Å². The van der Waals surface area contributed by atoms with Crippen molar-refractivity contribution in [2.24, 2.45) is 0 Å². The van der Waals surface area contributed by atoms with Gasteiger partial charge in [-0.2, -0.15) is 0 Å². The topological polar surface area (TPSA) is 29.1 Å². The molecule has 2 aromatic rings. The second kappa shape index (κ2) is 6.34. The largest absolute Gasteiger partial charge is 0.349 e. The molecule has 19 heavy (non-hydrogen) atoms. The summed E-state index contributed by atoms with van der Waals surface area (Å²) in [5.41, 5.74) is 0.469. The Morgan fingerprint density at radius 3 is 2.63 bits per heavy atom. The summed E-state index contributed by atoms with van der Waals surface area (Å²) in [6.45, 7) is 0.400. The van der Waals surface area contributed by atoms with Crippen LogP contribution < -0.4 is 5.32 Å². The van der Waals surface area contributed by atoms with Gasteiger partial charge in [0.1, 0.15) is 5.82 Å². The average molecular weight is 278 g/mol. The lowest BCUT2D eigenvalue weighted by atomic mass is 10.0. The fourth-order valence-corrected chi connectivity index (χ4v) is 1.98. The van der Waals surface area contributed by atoms with Gasteiger partial charge < -0.3 is 5.32 Å². The second-order valence-corrected chi connectivity index (χ2v) is 4.28. The molecule has 0 bridgehead atoms. The van der Waals surface area contributed by atoms with Crippen molar-refractivity contribution in [1.82, 2.24) is 5.32 Å². The van der Waals surface area contributed by atoms with Crippen LogP contribution in [0.2, 0.25) is 0 Å². The number of alkyl halides is 1. The Morgan fingerprint density at radius 1 is 1.16 bits per heavy atom. The first-order valence-corrected chi connectivity index (χ1v) is 6.44. The molecule has 0 heterocycles. The van der Waals surface area contributed by atoms with Crippen LogP contribution in [0.3, 0.4) is 0 Å². The molecule has 4 heteroatoms. The molecule has 1 amide bonds. The van der Waals surface area contributed by atoms with E-state index in [1.807, 2.05) is 0 Å². The monoisotopic (exact) mass is 277 g/mol. The summed E-state index contributed by atoms with van der Waals surface area (Å²) >= 11 is 5.49. The first-order valence-electron chi connectivity index (χ1n) is 5.90. The van der Waals surface area contributed by atoms with E-state index in [0.29, 0.717) is 28.8 Å². The zero-order valence-electron chi connectivity index (χ0n) is 10.2. The summed E-state index contributed by atoms with van der Waals surface area (Å²) in [4.78, 5) is 12.0. The number of halogens is 2. The molecule has 0 aliphatic rings. The van der Waals surface area contributed by atoms with Gasteiger partial charge in [-0.15, -0.1) is 11.6 Å². The van der Waals surface area contributed by atoms with E-state index >= 15 is 0 Å². The third-order valence-corrected chi connectivity index (χ3v) is 2.93. The summed E-state index contributed by atoms with van der Waals surface area (Å²) in [6, 6.07) is 9.74. The number of benzene rings is 2. The third-order valence-electron chi connectivity index (χ3n) is 2.75. The Morgan fingerprint density at radius 2 is 1.89 bits per heavy atom. The van der Waals surface area contributed by atoms with E-state index < -0.39 is 0 Å². The number of nitrogens with one attached hydrogen (secondary N) is 1. The molecule has 0 aliphatic heterocycles. The fraction of sp³-hybridized carbons (Fsp3) is 0.133. The van der Waals surface area contributed by atoms with Crippen LogP contribution in [0, 0.1) is 5.82 Å². The Kier molecular flexibility index (Phi) is 4.53. The quantitative estimate of drug-likeness (QED) is 0.672. The maximum Gasteiger partial charge on any atom is 0.252 e. The molecular formula is C15H13ClFNO. The zero-order valence-corrected chi connectivity index (χ0v) is 11.0. The number of allylic oxidation sites excluding steroid dienone is 1. The summed E-state index contributed by atoms with van der Waals surface area (Å²) in [6.07, 6.45) is 3.53. The highest BCUT2D eigenvalue weighted by Gasteiger charge is 2.11. The molecule has 0 aromatic heterocycles. The first kappa shape index (κ1) is 13.6. The lowest BCUT2D eigenvalue weighted by Gasteiger charge is -2.07. The van der Waals surface area contributed by atoms with Gasteiger partial charge >= 0.3 is 0 Å². The minimum absolute atomic E-state index is 0.226. The molecule has 0 spiro atoms. The van der Waals surface area contributed by atoms with E-state index in [2.05, 4.69) is 5.32 Å². The highest BCUT2D eigenvalue weighted by Crippen LogP contribution is 2.21. The van der Waals surface area contributed by atoms with Crippen LogP contribution in [0.4, 0.5) is 4.39 Å². The van der Waals surface area contributed by atoms with E-state index in [9.17, 15) is 9.18 Å². The van der Waals surface area contributed by atoms with Crippen LogP contribution in [0.5, 0.6) is 0 Å². The molecule has 2 aromatic carbocycles. The van der Waals surface area contributed by atoms with E-state index in [1.165, 1.54) is 12.1 Å². The van der Waals surface area contributed by atoms with Crippen LogP contribution in [-0.4, -0.2) is 18.3 Å². The average Bonchev–Trinajstić information content (AvgIpc) is 2.44. The van der Waals surface area contributed by atoms with Gasteiger partial charge in [-0.3, -0.25) is 4.79 Å². The summed E-state index contributed by atoms with van der Waals surface area (Å²) in [5, 5.41) is 3.80. The minimum Gasteiger partial charge on any atom is -0.349 e. The Hall–Kier alpha value is -1.87. The van der Waals surface area contributed by atoms with Crippen molar-refractivity contribution in [3.63, 3.8) is 0 Å². The number of hydrogen-bond acceptors (Lipinski definition) is 1. The van der Waals surface area contributed by atoms with Crippen molar-refractivity contribution in [1.29, 1.82) is 0 Å². The molecule has 1 N–H and O–H groups in total. The number of carbonyl (C=O) groups is 1. The molecule has 0 fully saturated rings. The predicted octanol–water partition coefficient (Wildman–Crippen LogP) is 3.50. The molecule has 0 unspecified atom stereocenters. The number of amides is 1. The molecule has 0 aliphatic carbocycles. The number of rotatable bonds is 4. The van der Waals surface area contributed by atoms with Gasteiger partial charge in [0.15, 0.2) is 0 Å². The van der Waals surface area contributed by atoms with Crippen LogP contribution in [0.1, 0.15) is 10.4 Å². The molecule has 0 radical (unpaired) electrons. The van der Waals surface area contributed by atoms with Gasteiger partial charge in [0.25, 0.3) is 5.91 Å². The highest BCUT2D eigenvalue weighted by molar-refractivity contribution is 6.18. The molecule has 2 nitrogen and oxygen atoms in total. The zero-order chi connectivity index (χ0) is 13.7. The van der Waals surface area contributed by atoms with Gasteiger partial charge in [0.05, 0.1) is 0 Å². The molecular weight excluding hydrogens is 265 g/mol. The highest BCUT2D eigenvalue weighted by atomic mass is 35.5. The summed E-state index contributed by atoms with van der Waals surface area (Å²) in [5.74, 6) is -0.139. The first-order chi connectivity index (χ1) is 9.24. The van der Waals surface area contributed by atoms with E-state index in [-0.39, 0.29) is 11.7 Å². The maximum absolute atomic E-state index is 13.6. The minimum atomic E-state index is -0.325. The number of hydrogen-bond donors (Lipinski definition) is 1. The van der Waals surface area contributed by atoms with Crippen molar-refractivity contribution in [3.05, 3.63) is 59.9 Å². The van der Waals surface area contributed by atoms with Gasteiger partial charge in [-0.1, -0.05) is 36.4 Å². The van der Waals surface area contributed by atoms with Crippen LogP contribution in [0.25, 0.3) is 10.8 Å². The molecule has 0 atom stereocenters. The Balaban J connectivity index is 2.27. The smallest absolute Gasteiger partial charge is 0.252 e. The van der Waals surface area contributed by atoms with Crippen molar-refractivity contribution in [2.45, 2.75) is 0 Å². The number of fused-ring (bicyclic) bond motifs is 1. The standard InChI is InChI=1S/C15H13ClFNO/c16-9-3-4-10-18-15(19)13-7-8-14(17)12-6-2-1-5-11(12)13/h1-8H,9-10H2,(H,18,19)/b4-3+. The molecule has 2 rings (SSSR count). The summed E-state index contributed by atoms with van der Waals surface area (Å²) in [7, 11) is 0. The normalized spacial score (nSPS) is 11.1. The summed E-state index contributed by atoms with van der Waals surface area (Å²) < 4.78 is 13.6. The van der Waals surface area contributed by atoms with Gasteiger partial charge in [-0.25, -0.2) is 4.39 Å². The molecule has 0 saturated carbocycles. The van der Waals surface area contributed by atoms with E-state index in [0.717, 1.165) is 0 Å². The third kappa shape index (κ3) is 3.12. The molecule has 98 valence electrons. The number of carbonyl (C=O) groups excluding carboxylic acids is 1. The fourth-order valence-electron chi connectivity index (χ4n) is 1.85. The van der Waals surface area contributed by atoms with Crippen LogP contribution >= 0.6 is 11.6 Å².